The van der Waals surface area contributed by atoms with E-state index in [2.05, 4.69) is 27.7 Å². The lowest BCUT2D eigenvalue weighted by atomic mass is 10.1. The molecule has 2 nitrogen and oxygen atoms in total. The predicted octanol–water partition coefficient (Wildman–Crippen LogP) is 3.04. The minimum Gasteiger partial charge on any atom is -0.194 e. The largest absolute Gasteiger partial charge is 0.194 e. The van der Waals surface area contributed by atoms with E-state index in [9.17, 15) is 0 Å². The van der Waals surface area contributed by atoms with Crippen LogP contribution in [-0.4, -0.2) is 6.54 Å². The van der Waals surface area contributed by atoms with E-state index in [1.807, 2.05) is 0 Å². The molecule has 0 amide bonds. The Morgan fingerprint density at radius 2 is 2.55 bits per heavy atom. The van der Waals surface area contributed by atoms with Gasteiger partial charge in [-0.3, -0.25) is 0 Å². The smallest absolute Gasteiger partial charge is 0.105 e. The summed E-state index contributed by atoms with van der Waals surface area (Å²) in [6.45, 7) is 0.919. The lowest BCUT2D eigenvalue weighted by Gasteiger charge is -2.11. The van der Waals surface area contributed by atoms with Gasteiger partial charge in [0.1, 0.15) is 6.04 Å². The molecule has 58 valence electrons. The average Bonchev–Trinajstić information content (AvgIpc) is 2.58. The van der Waals surface area contributed by atoms with Crippen molar-refractivity contribution in [3.05, 3.63) is 22.4 Å². The van der Waals surface area contributed by atoms with Crippen LogP contribution in [0.4, 0.5) is 0 Å². The van der Waals surface area contributed by atoms with Crippen molar-refractivity contribution < 1.29 is 0 Å². The fraction of sp³-hybridized carbons (Fsp3) is 0.500. The van der Waals surface area contributed by atoms with Crippen molar-refractivity contribution in [1.29, 1.82) is 0 Å². The highest BCUT2D eigenvalue weighted by atomic mass is 32.1. The predicted molar refractivity (Wildman–Crippen MR) is 46.0 cm³/mol. The van der Waals surface area contributed by atoms with Crippen molar-refractivity contribution in [2.24, 2.45) is 10.2 Å². The van der Waals surface area contributed by atoms with E-state index >= 15 is 0 Å². The normalized spacial score (nSPS) is 23.8. The first-order valence-corrected chi connectivity index (χ1v) is 4.75. The average molecular weight is 166 g/mol. The van der Waals surface area contributed by atoms with Crippen molar-refractivity contribution in [3.63, 3.8) is 0 Å². The molecule has 1 aliphatic rings. The molecule has 0 bridgehead atoms. The minimum atomic E-state index is 0.365. The monoisotopic (exact) mass is 166 g/mol. The summed E-state index contributed by atoms with van der Waals surface area (Å²) in [5.41, 5.74) is 0. The number of thiophene rings is 1. The minimum absolute atomic E-state index is 0.365. The maximum atomic E-state index is 4.21. The fourth-order valence-corrected chi connectivity index (χ4v) is 2.04. The van der Waals surface area contributed by atoms with Gasteiger partial charge < -0.3 is 0 Å². The van der Waals surface area contributed by atoms with Crippen LogP contribution in [-0.2, 0) is 0 Å². The van der Waals surface area contributed by atoms with Crippen LogP contribution in [0.5, 0.6) is 0 Å². The first-order valence-electron chi connectivity index (χ1n) is 3.87. The van der Waals surface area contributed by atoms with Crippen LogP contribution in [0.25, 0.3) is 0 Å². The van der Waals surface area contributed by atoms with E-state index < -0.39 is 0 Å². The van der Waals surface area contributed by atoms with Gasteiger partial charge in [-0.05, 0) is 24.3 Å². The van der Waals surface area contributed by atoms with Crippen molar-refractivity contribution in [2.45, 2.75) is 18.9 Å². The molecule has 0 N–H and O–H groups in total. The molecule has 3 heteroatoms. The van der Waals surface area contributed by atoms with Gasteiger partial charge in [0, 0.05) is 4.88 Å². The van der Waals surface area contributed by atoms with Gasteiger partial charge in [0.05, 0.1) is 6.54 Å². The molecule has 2 rings (SSSR count). The van der Waals surface area contributed by atoms with Crippen LogP contribution >= 0.6 is 11.3 Å². The van der Waals surface area contributed by atoms with E-state index in [1.165, 1.54) is 17.7 Å². The van der Waals surface area contributed by atoms with E-state index in [0.717, 1.165) is 6.54 Å². The molecule has 1 aliphatic heterocycles. The van der Waals surface area contributed by atoms with Crippen LogP contribution in [0.15, 0.2) is 27.7 Å². The summed E-state index contributed by atoms with van der Waals surface area (Å²) in [4.78, 5) is 1.36. The van der Waals surface area contributed by atoms with Crippen LogP contribution in [0.1, 0.15) is 23.8 Å². The summed E-state index contributed by atoms with van der Waals surface area (Å²) >= 11 is 1.78. The van der Waals surface area contributed by atoms with E-state index in [0.29, 0.717) is 6.04 Å². The van der Waals surface area contributed by atoms with Crippen molar-refractivity contribution >= 4 is 11.3 Å². The summed E-state index contributed by atoms with van der Waals surface area (Å²) in [6.07, 6.45) is 2.36. The van der Waals surface area contributed by atoms with Crippen LogP contribution in [0.3, 0.4) is 0 Å². The van der Waals surface area contributed by atoms with Crippen molar-refractivity contribution in [1.82, 2.24) is 0 Å². The van der Waals surface area contributed by atoms with Crippen LogP contribution < -0.4 is 0 Å². The molecule has 0 aromatic carbocycles. The SMILES string of the molecule is c1csc(C2CCCN=N2)c1. The lowest BCUT2D eigenvalue weighted by Crippen LogP contribution is -1.98. The van der Waals surface area contributed by atoms with Crippen molar-refractivity contribution in [3.8, 4) is 0 Å². The summed E-state index contributed by atoms with van der Waals surface area (Å²) in [5.74, 6) is 0. The second-order valence-corrected chi connectivity index (χ2v) is 3.63. The van der Waals surface area contributed by atoms with Crippen LogP contribution in [0, 0.1) is 0 Å². The first kappa shape index (κ1) is 6.98. The summed E-state index contributed by atoms with van der Waals surface area (Å²) < 4.78 is 0. The third-order valence-electron chi connectivity index (χ3n) is 1.83. The Morgan fingerprint density at radius 3 is 3.18 bits per heavy atom. The lowest BCUT2D eigenvalue weighted by molar-refractivity contribution is 0.537. The highest BCUT2D eigenvalue weighted by molar-refractivity contribution is 7.10. The Morgan fingerprint density at radius 1 is 1.55 bits per heavy atom. The number of azo groups is 1. The van der Waals surface area contributed by atoms with Gasteiger partial charge >= 0.3 is 0 Å². The molecule has 0 spiro atoms. The maximum absolute atomic E-state index is 4.21. The zero-order valence-electron chi connectivity index (χ0n) is 6.23. The zero-order valence-corrected chi connectivity index (χ0v) is 7.05. The van der Waals surface area contributed by atoms with Gasteiger partial charge in [0.25, 0.3) is 0 Å². The molecule has 1 aromatic heterocycles. The van der Waals surface area contributed by atoms with Gasteiger partial charge in [-0.15, -0.1) is 11.3 Å². The Hall–Kier alpha value is -0.700. The number of rotatable bonds is 1. The van der Waals surface area contributed by atoms with Crippen LogP contribution in [0.2, 0.25) is 0 Å². The maximum Gasteiger partial charge on any atom is 0.105 e. The van der Waals surface area contributed by atoms with Gasteiger partial charge in [0.15, 0.2) is 0 Å². The van der Waals surface area contributed by atoms with E-state index in [1.54, 1.807) is 11.3 Å². The third kappa shape index (κ3) is 1.48. The Labute approximate surface area is 70.0 Å². The molecule has 0 radical (unpaired) electrons. The van der Waals surface area contributed by atoms with Gasteiger partial charge in [-0.1, -0.05) is 6.07 Å². The number of hydrogen-bond donors (Lipinski definition) is 0. The molecule has 0 saturated heterocycles. The molecule has 11 heavy (non-hydrogen) atoms. The second kappa shape index (κ2) is 3.13. The standard InChI is InChI=1S/C8H10N2S/c1-3-7(10-9-5-1)8-4-2-6-11-8/h2,4,6-7H,1,3,5H2. The molecular formula is C8H10N2S. The number of nitrogens with zero attached hydrogens (tertiary/aromatic N) is 2. The Balaban J connectivity index is 2.16. The summed E-state index contributed by atoms with van der Waals surface area (Å²) in [5, 5.41) is 10.4. The molecule has 1 unspecified atom stereocenters. The zero-order chi connectivity index (χ0) is 7.52. The second-order valence-electron chi connectivity index (χ2n) is 2.65. The molecular weight excluding hydrogens is 156 g/mol. The quantitative estimate of drug-likeness (QED) is 0.612. The molecule has 2 heterocycles. The third-order valence-corrected chi connectivity index (χ3v) is 2.80. The topological polar surface area (TPSA) is 24.7 Å². The van der Waals surface area contributed by atoms with Gasteiger partial charge in [0.2, 0.25) is 0 Å². The molecule has 0 aliphatic carbocycles. The highest BCUT2D eigenvalue weighted by Crippen LogP contribution is 2.29. The van der Waals surface area contributed by atoms with E-state index in [-0.39, 0.29) is 0 Å². The first-order chi connectivity index (χ1) is 5.47. The van der Waals surface area contributed by atoms with Gasteiger partial charge in [-0.2, -0.15) is 10.2 Å². The molecule has 0 fully saturated rings. The summed E-state index contributed by atoms with van der Waals surface area (Å²) in [6, 6.07) is 4.58. The summed E-state index contributed by atoms with van der Waals surface area (Å²) in [7, 11) is 0. The molecule has 1 aromatic rings. The number of hydrogen-bond acceptors (Lipinski definition) is 3. The van der Waals surface area contributed by atoms with Crippen molar-refractivity contribution in [2.75, 3.05) is 6.54 Å². The van der Waals surface area contributed by atoms with E-state index in [4.69, 9.17) is 0 Å². The Bertz CT molecular complexity index is 241. The van der Waals surface area contributed by atoms with Gasteiger partial charge in [-0.25, -0.2) is 0 Å². The highest BCUT2D eigenvalue weighted by Gasteiger charge is 2.13. The molecule has 1 atom stereocenters. The Kier molecular flexibility index (Phi) is 1.99. The fourth-order valence-electron chi connectivity index (χ4n) is 1.25. The molecule has 0 saturated carbocycles.